The summed E-state index contributed by atoms with van der Waals surface area (Å²) in [5, 5.41) is 3.23. The summed E-state index contributed by atoms with van der Waals surface area (Å²) in [5.41, 5.74) is 11.9. The Morgan fingerprint density at radius 3 is 1.53 bits per heavy atom. The highest BCUT2D eigenvalue weighted by atomic mass is 32.1. The van der Waals surface area contributed by atoms with E-state index in [0.29, 0.717) is 17.5 Å². The van der Waals surface area contributed by atoms with E-state index in [1.807, 2.05) is 54.6 Å². The van der Waals surface area contributed by atoms with Gasteiger partial charge >= 0.3 is 0 Å². The van der Waals surface area contributed by atoms with Crippen molar-refractivity contribution in [2.75, 3.05) is 0 Å². The highest BCUT2D eigenvalue weighted by molar-refractivity contribution is 7.00. The van der Waals surface area contributed by atoms with Crippen LogP contribution < -0.4 is 0 Å². The van der Waals surface area contributed by atoms with Crippen LogP contribution in [0.3, 0.4) is 0 Å². The largest absolute Gasteiger partial charge is 0.247 e. The molecule has 0 radical (unpaired) electrons. The van der Waals surface area contributed by atoms with Crippen LogP contribution in [-0.2, 0) is 0 Å². The summed E-state index contributed by atoms with van der Waals surface area (Å²) in [6.07, 6.45) is 0. The summed E-state index contributed by atoms with van der Waals surface area (Å²) in [7, 11) is 0. The second kappa shape index (κ2) is 13.0. The Balaban J connectivity index is 1.05. The van der Waals surface area contributed by atoms with Gasteiger partial charge in [-0.05, 0) is 52.6 Å². The van der Waals surface area contributed by atoms with Crippen molar-refractivity contribution < 1.29 is 0 Å². The molecule has 10 rings (SSSR count). The molecule has 0 saturated carbocycles. The number of nitrogens with zero attached hydrogens (tertiary/aromatic N) is 6. The second-order valence-electron chi connectivity index (χ2n) is 12.9. The quantitative estimate of drug-likeness (QED) is 0.161. The molecular weight excluding hydrogens is 669 g/mol. The molecule has 53 heavy (non-hydrogen) atoms. The number of aromatic nitrogens is 6. The molecule has 3 aromatic heterocycles. The smallest absolute Gasteiger partial charge is 0.164 e. The Hall–Kier alpha value is -6.96. The zero-order valence-electron chi connectivity index (χ0n) is 28.3. The van der Waals surface area contributed by atoms with E-state index in [1.54, 1.807) is 0 Å². The molecule has 0 aliphatic rings. The Morgan fingerprint density at radius 2 is 0.849 bits per heavy atom. The molecule has 0 amide bonds. The van der Waals surface area contributed by atoms with Gasteiger partial charge in [-0.3, -0.25) is 0 Å². The van der Waals surface area contributed by atoms with E-state index < -0.39 is 0 Å². The zero-order valence-corrected chi connectivity index (χ0v) is 29.1. The number of fused-ring (bicyclic) bond motifs is 5. The molecule has 0 fully saturated rings. The second-order valence-corrected chi connectivity index (χ2v) is 13.4. The van der Waals surface area contributed by atoms with Crippen molar-refractivity contribution in [2.45, 2.75) is 0 Å². The summed E-state index contributed by atoms with van der Waals surface area (Å²) < 4.78 is 9.17. The van der Waals surface area contributed by atoms with E-state index in [9.17, 15) is 0 Å². The van der Waals surface area contributed by atoms with E-state index in [-0.39, 0.29) is 0 Å². The summed E-state index contributed by atoms with van der Waals surface area (Å²) in [4.78, 5) is 20.2. The van der Waals surface area contributed by atoms with Crippen LogP contribution in [0, 0.1) is 0 Å². The van der Waals surface area contributed by atoms with Crippen molar-refractivity contribution in [3.8, 4) is 67.7 Å². The minimum atomic E-state index is 0.618. The predicted octanol–water partition coefficient (Wildman–Crippen LogP) is 11.6. The van der Waals surface area contributed by atoms with Crippen LogP contribution in [0.1, 0.15) is 0 Å². The maximum absolute atomic E-state index is 5.14. The average molecular weight is 697 g/mol. The van der Waals surface area contributed by atoms with Gasteiger partial charge in [0.2, 0.25) is 0 Å². The molecule has 10 aromatic rings. The van der Waals surface area contributed by atoms with Crippen molar-refractivity contribution in [3.05, 3.63) is 170 Å². The molecule has 248 valence electrons. The lowest BCUT2D eigenvalue weighted by Crippen LogP contribution is -2.00. The molecule has 0 N–H and O–H groups in total. The molecule has 6 nitrogen and oxygen atoms in total. The van der Waals surface area contributed by atoms with Crippen LogP contribution in [0.4, 0.5) is 0 Å². The van der Waals surface area contributed by atoms with Crippen LogP contribution in [-0.4, -0.2) is 28.7 Å². The summed E-state index contributed by atoms with van der Waals surface area (Å²) in [6.45, 7) is 0. The van der Waals surface area contributed by atoms with Crippen molar-refractivity contribution in [2.24, 2.45) is 0 Å². The average Bonchev–Trinajstić information content (AvgIpc) is 3.73. The van der Waals surface area contributed by atoms with E-state index in [0.717, 1.165) is 82.9 Å². The maximum Gasteiger partial charge on any atom is 0.164 e. The number of hydrogen-bond acceptors (Lipinski definition) is 7. The van der Waals surface area contributed by atoms with Gasteiger partial charge in [0.25, 0.3) is 0 Å². The molecule has 0 aliphatic carbocycles. The third kappa shape index (κ3) is 5.69. The minimum Gasteiger partial charge on any atom is -0.247 e. The van der Waals surface area contributed by atoms with Gasteiger partial charge in [0, 0.05) is 38.4 Å². The van der Waals surface area contributed by atoms with Crippen LogP contribution in [0.15, 0.2) is 170 Å². The van der Waals surface area contributed by atoms with Crippen molar-refractivity contribution >= 4 is 44.4 Å². The molecule has 0 bridgehead atoms. The highest BCUT2D eigenvalue weighted by Gasteiger charge is 2.16. The summed E-state index contributed by atoms with van der Waals surface area (Å²) in [5.74, 6) is 1.88. The van der Waals surface area contributed by atoms with Gasteiger partial charge in [-0.2, -0.15) is 8.75 Å². The first-order valence-electron chi connectivity index (χ1n) is 17.4. The number of pyridine rings is 1. The van der Waals surface area contributed by atoms with E-state index in [1.165, 1.54) is 11.7 Å². The van der Waals surface area contributed by atoms with Crippen LogP contribution >= 0.6 is 11.7 Å². The van der Waals surface area contributed by atoms with Gasteiger partial charge in [0.1, 0.15) is 11.0 Å². The SMILES string of the molecule is c1ccc(-c2cccc(-c3nc(-c4ccccc4)nc(-c4cccc(-c5ccc(-c6nc7ccccc7c7c6ccc6nsnc67)cc5)c4)n3)c2)cc1. The molecule has 0 saturated heterocycles. The van der Waals surface area contributed by atoms with Gasteiger partial charge < -0.3 is 0 Å². The Labute approximate surface area is 309 Å². The molecule has 0 aliphatic heterocycles. The van der Waals surface area contributed by atoms with Crippen molar-refractivity contribution in [1.29, 1.82) is 0 Å². The van der Waals surface area contributed by atoms with Crippen LogP contribution in [0.25, 0.3) is 100 Å². The lowest BCUT2D eigenvalue weighted by molar-refractivity contribution is 1.07. The predicted molar refractivity (Wildman–Crippen MR) is 216 cm³/mol. The Morgan fingerprint density at radius 1 is 0.321 bits per heavy atom. The molecule has 0 atom stereocenters. The first kappa shape index (κ1) is 30.8. The number of benzene rings is 7. The van der Waals surface area contributed by atoms with Crippen LogP contribution in [0.2, 0.25) is 0 Å². The fourth-order valence-corrected chi connectivity index (χ4v) is 7.52. The Kier molecular flexibility index (Phi) is 7.55. The zero-order chi connectivity index (χ0) is 35.1. The molecule has 0 spiro atoms. The monoisotopic (exact) mass is 696 g/mol. The molecular formula is C46H28N6S. The molecule has 7 aromatic carbocycles. The van der Waals surface area contributed by atoms with E-state index >= 15 is 0 Å². The van der Waals surface area contributed by atoms with E-state index in [4.69, 9.17) is 19.9 Å². The fraction of sp³-hybridized carbons (Fsp3) is 0. The topological polar surface area (TPSA) is 77.3 Å². The normalized spacial score (nSPS) is 11.4. The molecule has 3 heterocycles. The van der Waals surface area contributed by atoms with E-state index in [2.05, 4.69) is 124 Å². The van der Waals surface area contributed by atoms with Crippen LogP contribution in [0.5, 0.6) is 0 Å². The Bertz CT molecular complexity index is 2940. The third-order valence-electron chi connectivity index (χ3n) is 9.60. The van der Waals surface area contributed by atoms with Crippen molar-refractivity contribution in [1.82, 2.24) is 28.7 Å². The molecule has 7 heteroatoms. The lowest BCUT2D eigenvalue weighted by atomic mass is 9.97. The standard InChI is InChI=1S/C46H28N6S/c1-3-11-29(12-4-1)33-15-9-17-35(27-33)45-48-44(32-13-5-2-6-14-32)49-46(50-45)36-18-10-16-34(28-36)30-21-23-31(24-22-30)42-38-25-26-40-43(52-53-51-40)41(38)37-19-7-8-20-39(37)47-42/h1-28H. The van der Waals surface area contributed by atoms with Gasteiger partial charge in [-0.25, -0.2) is 19.9 Å². The van der Waals surface area contributed by atoms with Crippen molar-refractivity contribution in [3.63, 3.8) is 0 Å². The summed E-state index contributed by atoms with van der Waals surface area (Å²) in [6, 6.07) is 58.2. The molecule has 0 unspecified atom stereocenters. The minimum absolute atomic E-state index is 0.618. The number of para-hydroxylation sites is 1. The van der Waals surface area contributed by atoms with Gasteiger partial charge in [-0.1, -0.05) is 140 Å². The number of rotatable bonds is 6. The maximum atomic E-state index is 5.14. The lowest BCUT2D eigenvalue weighted by Gasteiger charge is -2.12. The number of hydrogen-bond donors (Lipinski definition) is 0. The van der Waals surface area contributed by atoms with Gasteiger partial charge in [0.15, 0.2) is 17.5 Å². The fourth-order valence-electron chi connectivity index (χ4n) is 6.98. The van der Waals surface area contributed by atoms with Gasteiger partial charge in [0.05, 0.1) is 22.9 Å². The highest BCUT2D eigenvalue weighted by Crippen LogP contribution is 2.37. The third-order valence-corrected chi connectivity index (χ3v) is 10.1. The van der Waals surface area contributed by atoms with Gasteiger partial charge in [-0.15, -0.1) is 0 Å². The first-order chi connectivity index (χ1) is 26.2. The first-order valence-corrected chi connectivity index (χ1v) is 18.1. The summed E-state index contributed by atoms with van der Waals surface area (Å²) >= 11 is 1.24.